The molecule has 2 rings (SSSR count). The fourth-order valence-corrected chi connectivity index (χ4v) is 4.91. The van der Waals surface area contributed by atoms with Crippen molar-refractivity contribution in [2.24, 2.45) is 4.36 Å². The van der Waals surface area contributed by atoms with E-state index in [2.05, 4.69) is 4.36 Å². The maximum atomic E-state index is 13.9. The normalized spacial score (nSPS) is 19.8. The number of rotatable bonds is 4. The van der Waals surface area contributed by atoms with E-state index in [-0.39, 0.29) is 0 Å². The lowest BCUT2D eigenvalue weighted by molar-refractivity contribution is -0.144. The highest BCUT2D eigenvalue weighted by atomic mass is 32.2. The fraction of sp³-hybridized carbons (Fsp3) is 0.556. The first-order valence-electron chi connectivity index (χ1n) is 8.59. The minimum absolute atomic E-state index is 0.296. The Morgan fingerprint density at radius 2 is 1.81 bits per heavy atom. The molecule has 1 aromatic carbocycles. The van der Waals surface area contributed by atoms with Gasteiger partial charge in [0, 0.05) is 6.54 Å². The standard InChI is InChI=1S/C18H26N2O6S/c1-18(2,3)26-17(22)19-27(23,14-10-8-13(24-4)9-11-14)20-12-6-7-15(20)16(21)25-5/h8-11,15H,6-7,12H2,1-5H3/t15-,27?/m0/s1. The zero-order chi connectivity index (χ0) is 20.2. The molecule has 1 heterocycles. The second-order valence-electron chi connectivity index (χ2n) is 7.07. The number of amides is 1. The molecule has 1 saturated heterocycles. The summed E-state index contributed by atoms with van der Waals surface area (Å²) in [5.41, 5.74) is -0.784. The van der Waals surface area contributed by atoms with Gasteiger partial charge >= 0.3 is 12.1 Å². The number of methoxy groups -OCH3 is 2. The molecule has 2 atom stereocenters. The summed E-state index contributed by atoms with van der Waals surface area (Å²) in [5, 5.41) is 0. The highest BCUT2D eigenvalue weighted by Gasteiger charge is 2.40. The van der Waals surface area contributed by atoms with E-state index >= 15 is 0 Å². The van der Waals surface area contributed by atoms with Gasteiger partial charge in [0.1, 0.15) is 17.4 Å². The lowest BCUT2D eigenvalue weighted by atomic mass is 10.2. The zero-order valence-electron chi connectivity index (χ0n) is 16.3. The second kappa shape index (κ2) is 8.26. The molecule has 1 aliphatic heterocycles. The van der Waals surface area contributed by atoms with Crippen LogP contribution in [-0.4, -0.2) is 53.0 Å². The van der Waals surface area contributed by atoms with Gasteiger partial charge in [0.25, 0.3) is 0 Å². The van der Waals surface area contributed by atoms with Crippen LogP contribution < -0.4 is 4.74 Å². The number of ether oxygens (including phenoxy) is 3. The first kappa shape index (κ1) is 21.2. The molecule has 150 valence electrons. The van der Waals surface area contributed by atoms with Crippen LogP contribution in [-0.2, 0) is 24.2 Å². The van der Waals surface area contributed by atoms with Crippen LogP contribution >= 0.6 is 0 Å². The van der Waals surface area contributed by atoms with Crippen molar-refractivity contribution in [1.29, 1.82) is 0 Å². The van der Waals surface area contributed by atoms with Crippen molar-refractivity contribution >= 4 is 22.0 Å². The maximum absolute atomic E-state index is 13.9. The van der Waals surface area contributed by atoms with Gasteiger partial charge in [-0.05, 0) is 57.9 Å². The minimum atomic E-state index is -3.42. The van der Waals surface area contributed by atoms with Crippen LogP contribution in [0.4, 0.5) is 4.79 Å². The SMILES string of the molecule is COC(=O)[C@@H]1CCCN1S(=O)(=NC(=O)OC(C)(C)C)c1ccc(OC)cc1. The number of benzene rings is 1. The van der Waals surface area contributed by atoms with Crippen molar-refractivity contribution in [2.75, 3.05) is 20.8 Å². The summed E-state index contributed by atoms with van der Waals surface area (Å²) >= 11 is 0. The summed E-state index contributed by atoms with van der Waals surface area (Å²) < 4.78 is 34.5. The van der Waals surface area contributed by atoms with Crippen molar-refractivity contribution < 1.29 is 28.0 Å². The molecule has 1 amide bonds. The topological polar surface area (TPSA) is 94.5 Å². The maximum Gasteiger partial charge on any atom is 0.443 e. The lowest BCUT2D eigenvalue weighted by Gasteiger charge is -2.26. The van der Waals surface area contributed by atoms with Gasteiger partial charge in [0.15, 0.2) is 9.92 Å². The molecular weight excluding hydrogens is 372 g/mol. The fourth-order valence-electron chi connectivity index (χ4n) is 2.78. The van der Waals surface area contributed by atoms with E-state index in [4.69, 9.17) is 14.2 Å². The summed E-state index contributed by atoms with van der Waals surface area (Å²) in [4.78, 5) is 24.8. The molecule has 1 aromatic rings. The van der Waals surface area contributed by atoms with Crippen LogP contribution in [0.1, 0.15) is 33.6 Å². The first-order chi connectivity index (χ1) is 12.6. The van der Waals surface area contributed by atoms with Gasteiger partial charge in [-0.15, -0.1) is 4.36 Å². The van der Waals surface area contributed by atoms with Gasteiger partial charge in [0.05, 0.1) is 19.1 Å². The first-order valence-corrected chi connectivity index (χ1v) is 10.1. The third-order valence-electron chi connectivity index (χ3n) is 3.95. The Kier molecular flexibility index (Phi) is 6.48. The third-order valence-corrected chi connectivity index (χ3v) is 6.31. The van der Waals surface area contributed by atoms with Gasteiger partial charge in [-0.25, -0.2) is 9.00 Å². The molecule has 1 aliphatic rings. The predicted octanol–water partition coefficient (Wildman–Crippen LogP) is 3.01. The molecule has 1 fully saturated rings. The van der Waals surface area contributed by atoms with E-state index in [0.29, 0.717) is 30.0 Å². The highest BCUT2D eigenvalue weighted by molar-refractivity contribution is 7.91. The van der Waals surface area contributed by atoms with Crippen molar-refractivity contribution in [3.05, 3.63) is 24.3 Å². The second-order valence-corrected chi connectivity index (χ2v) is 9.18. The molecular formula is C18H26N2O6S. The Morgan fingerprint density at radius 3 is 2.33 bits per heavy atom. The van der Waals surface area contributed by atoms with Crippen LogP contribution in [0.25, 0.3) is 0 Å². The van der Waals surface area contributed by atoms with Gasteiger partial charge in [-0.2, -0.15) is 4.31 Å². The average Bonchev–Trinajstić information content (AvgIpc) is 3.09. The molecule has 0 N–H and O–H groups in total. The van der Waals surface area contributed by atoms with Crippen LogP contribution in [0.15, 0.2) is 33.5 Å². The summed E-state index contributed by atoms with van der Waals surface area (Å²) in [5.74, 6) is 0.0665. The molecule has 0 bridgehead atoms. The number of carbonyl (C=O) groups excluding carboxylic acids is 2. The number of esters is 1. The van der Waals surface area contributed by atoms with Gasteiger partial charge in [0.2, 0.25) is 0 Å². The largest absolute Gasteiger partial charge is 0.497 e. The Labute approximate surface area is 160 Å². The summed E-state index contributed by atoms with van der Waals surface area (Å²) in [7, 11) is -0.624. The van der Waals surface area contributed by atoms with Gasteiger partial charge < -0.3 is 14.2 Å². The monoisotopic (exact) mass is 398 g/mol. The average molecular weight is 398 g/mol. The van der Waals surface area contributed by atoms with Gasteiger partial charge in [-0.3, -0.25) is 4.79 Å². The van der Waals surface area contributed by atoms with Crippen LogP contribution in [0.3, 0.4) is 0 Å². The summed E-state index contributed by atoms with van der Waals surface area (Å²) in [6.45, 7) is 5.44. The van der Waals surface area contributed by atoms with E-state index in [1.165, 1.54) is 18.5 Å². The summed E-state index contributed by atoms with van der Waals surface area (Å²) in [6.07, 6.45) is 0.166. The molecule has 0 aromatic heterocycles. The van der Waals surface area contributed by atoms with E-state index < -0.39 is 33.6 Å². The van der Waals surface area contributed by atoms with Crippen molar-refractivity contribution in [2.45, 2.75) is 50.2 Å². The van der Waals surface area contributed by atoms with E-state index in [9.17, 15) is 13.8 Å². The molecule has 1 unspecified atom stereocenters. The number of hydrogen-bond donors (Lipinski definition) is 0. The Hall–Kier alpha value is -2.13. The van der Waals surface area contributed by atoms with Gasteiger partial charge in [-0.1, -0.05) is 0 Å². The molecule has 0 saturated carbocycles. The third kappa shape index (κ3) is 4.98. The molecule has 9 heteroatoms. The van der Waals surface area contributed by atoms with Crippen molar-refractivity contribution in [3.63, 3.8) is 0 Å². The smallest absolute Gasteiger partial charge is 0.443 e. The molecule has 0 aliphatic carbocycles. The van der Waals surface area contributed by atoms with E-state index in [1.807, 2.05) is 0 Å². The van der Waals surface area contributed by atoms with E-state index in [0.717, 1.165) is 0 Å². The Balaban J connectivity index is 2.55. The Bertz CT molecular complexity index is 806. The molecule has 0 spiro atoms. The zero-order valence-corrected chi connectivity index (χ0v) is 17.1. The minimum Gasteiger partial charge on any atom is -0.497 e. The predicted molar refractivity (Wildman–Crippen MR) is 99.8 cm³/mol. The lowest BCUT2D eigenvalue weighted by Crippen LogP contribution is -2.41. The quantitative estimate of drug-likeness (QED) is 0.724. The molecule has 0 radical (unpaired) electrons. The van der Waals surface area contributed by atoms with Crippen molar-refractivity contribution in [3.8, 4) is 5.75 Å². The number of nitrogens with zero attached hydrogens (tertiary/aromatic N) is 2. The Morgan fingerprint density at radius 1 is 1.19 bits per heavy atom. The number of hydrogen-bond acceptors (Lipinski definition) is 6. The number of carbonyl (C=O) groups is 2. The van der Waals surface area contributed by atoms with Crippen LogP contribution in [0.5, 0.6) is 5.75 Å². The molecule has 8 nitrogen and oxygen atoms in total. The summed E-state index contributed by atoms with van der Waals surface area (Å²) in [6, 6.07) is 5.66. The van der Waals surface area contributed by atoms with Crippen LogP contribution in [0, 0.1) is 0 Å². The molecule has 27 heavy (non-hydrogen) atoms. The van der Waals surface area contributed by atoms with E-state index in [1.54, 1.807) is 45.0 Å². The highest BCUT2D eigenvalue weighted by Crippen LogP contribution is 2.30. The van der Waals surface area contributed by atoms with Crippen molar-refractivity contribution in [1.82, 2.24) is 4.31 Å². The van der Waals surface area contributed by atoms with Crippen LogP contribution in [0.2, 0.25) is 0 Å².